The number of rotatable bonds is 2. The maximum Gasteiger partial charge on any atom is 0.259 e. The summed E-state index contributed by atoms with van der Waals surface area (Å²) in [5, 5.41) is 2.99. The average molecular weight is 302 g/mol. The number of fused-ring (bicyclic) bond motifs is 1. The highest BCUT2D eigenvalue weighted by atomic mass is 32.2. The lowest BCUT2D eigenvalue weighted by atomic mass is 9.97. The number of pyridine rings is 1. The predicted molar refractivity (Wildman–Crippen MR) is 88.2 cm³/mol. The zero-order valence-corrected chi connectivity index (χ0v) is 13.2. The van der Waals surface area contributed by atoms with E-state index in [1.807, 2.05) is 19.9 Å². The highest BCUT2D eigenvalue weighted by Crippen LogP contribution is 2.34. The van der Waals surface area contributed by atoms with Gasteiger partial charge in [0.25, 0.3) is 5.56 Å². The number of hydrogen-bond donors (Lipinski definition) is 1. The third kappa shape index (κ3) is 2.23. The molecule has 0 saturated carbocycles. The molecule has 1 atom stereocenters. The summed E-state index contributed by atoms with van der Waals surface area (Å²) in [5.41, 5.74) is 9.04. The van der Waals surface area contributed by atoms with Crippen molar-refractivity contribution in [2.75, 3.05) is 11.5 Å². The molecule has 3 rings (SSSR count). The molecule has 1 aliphatic heterocycles. The van der Waals surface area contributed by atoms with E-state index in [1.54, 1.807) is 16.3 Å². The van der Waals surface area contributed by atoms with Gasteiger partial charge in [0.15, 0.2) is 0 Å². The van der Waals surface area contributed by atoms with Gasteiger partial charge in [0.2, 0.25) is 5.95 Å². The zero-order chi connectivity index (χ0) is 15.1. The van der Waals surface area contributed by atoms with E-state index in [0.29, 0.717) is 18.1 Å². The van der Waals surface area contributed by atoms with Gasteiger partial charge in [0.05, 0.1) is 5.69 Å². The summed E-state index contributed by atoms with van der Waals surface area (Å²) < 4.78 is 1.69. The standard InChI is InChI=1S/C15H18N4OS/c1-4-19-13-10(9(3)17-15(16)18-13)5-11(14(19)20)12-7-21-6-8(12)2/h5,7-8H,4,6H2,1-3H3,(H2,16,17,18). The monoisotopic (exact) mass is 302 g/mol. The normalized spacial score (nSPS) is 18.2. The molecule has 0 bridgehead atoms. The Kier molecular flexibility index (Phi) is 3.49. The molecule has 0 saturated heterocycles. The Hall–Kier alpha value is -1.82. The highest BCUT2D eigenvalue weighted by Gasteiger charge is 2.22. The first-order valence-corrected chi connectivity index (χ1v) is 8.07. The molecule has 21 heavy (non-hydrogen) atoms. The second kappa shape index (κ2) is 5.18. The van der Waals surface area contributed by atoms with Crippen LogP contribution in [0.5, 0.6) is 0 Å². The molecule has 1 unspecified atom stereocenters. The molecule has 0 spiro atoms. The molecular weight excluding hydrogens is 284 g/mol. The lowest BCUT2D eigenvalue weighted by Crippen LogP contribution is -2.25. The minimum atomic E-state index is 0.00287. The number of allylic oxidation sites excluding steroid dienone is 1. The molecule has 1 aliphatic rings. The van der Waals surface area contributed by atoms with Crippen LogP contribution in [-0.4, -0.2) is 20.3 Å². The molecule has 0 aliphatic carbocycles. The van der Waals surface area contributed by atoms with Gasteiger partial charge in [-0.1, -0.05) is 6.92 Å². The minimum absolute atomic E-state index is 0.00287. The van der Waals surface area contributed by atoms with Crippen molar-refractivity contribution in [3.63, 3.8) is 0 Å². The van der Waals surface area contributed by atoms with Crippen LogP contribution in [0.4, 0.5) is 5.95 Å². The summed E-state index contributed by atoms with van der Waals surface area (Å²) in [6.07, 6.45) is 0. The van der Waals surface area contributed by atoms with Crippen molar-refractivity contribution in [3.05, 3.63) is 33.1 Å². The van der Waals surface area contributed by atoms with Gasteiger partial charge in [0, 0.05) is 23.2 Å². The molecular formula is C15H18N4OS. The van der Waals surface area contributed by atoms with E-state index in [4.69, 9.17) is 5.73 Å². The Bertz CT molecular complexity index is 809. The van der Waals surface area contributed by atoms with Crippen molar-refractivity contribution < 1.29 is 0 Å². The number of anilines is 1. The lowest BCUT2D eigenvalue weighted by Gasteiger charge is -2.14. The Morgan fingerprint density at radius 3 is 2.86 bits per heavy atom. The van der Waals surface area contributed by atoms with Crippen molar-refractivity contribution in [1.82, 2.24) is 14.5 Å². The van der Waals surface area contributed by atoms with E-state index in [1.165, 1.54) is 0 Å². The fraction of sp³-hybridized carbons (Fsp3) is 0.400. The van der Waals surface area contributed by atoms with Gasteiger partial charge >= 0.3 is 0 Å². The highest BCUT2D eigenvalue weighted by molar-refractivity contribution is 8.02. The van der Waals surface area contributed by atoms with Crippen LogP contribution in [0.2, 0.25) is 0 Å². The number of thioether (sulfide) groups is 1. The molecule has 0 fully saturated rings. The van der Waals surface area contributed by atoms with E-state index in [0.717, 1.165) is 28.0 Å². The molecule has 2 aromatic heterocycles. The van der Waals surface area contributed by atoms with E-state index in [2.05, 4.69) is 22.3 Å². The molecule has 6 heteroatoms. The molecule has 2 aromatic rings. The van der Waals surface area contributed by atoms with Gasteiger partial charge in [0.1, 0.15) is 5.65 Å². The fourth-order valence-electron chi connectivity index (χ4n) is 2.73. The van der Waals surface area contributed by atoms with Crippen LogP contribution in [0.15, 0.2) is 16.3 Å². The molecule has 0 aromatic carbocycles. The molecule has 3 heterocycles. The second-order valence-electron chi connectivity index (χ2n) is 5.32. The molecule has 0 radical (unpaired) electrons. The van der Waals surface area contributed by atoms with Gasteiger partial charge in [-0.25, -0.2) is 4.98 Å². The largest absolute Gasteiger partial charge is 0.368 e. The van der Waals surface area contributed by atoms with Crippen molar-refractivity contribution in [2.24, 2.45) is 5.92 Å². The van der Waals surface area contributed by atoms with E-state index in [9.17, 15) is 4.79 Å². The second-order valence-corrected chi connectivity index (χ2v) is 6.22. The molecule has 2 N–H and O–H groups in total. The van der Waals surface area contributed by atoms with Crippen molar-refractivity contribution in [1.29, 1.82) is 0 Å². The van der Waals surface area contributed by atoms with Gasteiger partial charge in [-0.05, 0) is 36.8 Å². The lowest BCUT2D eigenvalue weighted by molar-refractivity contribution is 0.743. The van der Waals surface area contributed by atoms with Crippen LogP contribution in [0.1, 0.15) is 25.1 Å². The maximum atomic E-state index is 12.8. The van der Waals surface area contributed by atoms with E-state index in [-0.39, 0.29) is 11.5 Å². The van der Waals surface area contributed by atoms with Crippen LogP contribution in [0, 0.1) is 12.8 Å². The third-order valence-corrected chi connectivity index (χ3v) is 4.98. The number of nitrogen functional groups attached to an aromatic ring is 1. The van der Waals surface area contributed by atoms with Crippen LogP contribution < -0.4 is 11.3 Å². The van der Waals surface area contributed by atoms with Crippen LogP contribution in [-0.2, 0) is 6.54 Å². The van der Waals surface area contributed by atoms with Crippen molar-refractivity contribution in [2.45, 2.75) is 27.3 Å². The Labute approximate surface area is 127 Å². The summed E-state index contributed by atoms with van der Waals surface area (Å²) >= 11 is 1.76. The number of aromatic nitrogens is 3. The summed E-state index contributed by atoms with van der Waals surface area (Å²) in [4.78, 5) is 21.3. The fourth-order valence-corrected chi connectivity index (χ4v) is 3.83. The third-order valence-electron chi connectivity index (χ3n) is 3.87. The smallest absolute Gasteiger partial charge is 0.259 e. The molecule has 110 valence electrons. The summed E-state index contributed by atoms with van der Waals surface area (Å²) in [7, 11) is 0. The van der Waals surface area contributed by atoms with Gasteiger partial charge < -0.3 is 5.73 Å². The number of hydrogen-bond acceptors (Lipinski definition) is 5. The number of nitrogens with zero attached hydrogens (tertiary/aromatic N) is 3. The quantitative estimate of drug-likeness (QED) is 0.922. The van der Waals surface area contributed by atoms with Crippen LogP contribution >= 0.6 is 11.8 Å². The Morgan fingerprint density at radius 1 is 1.48 bits per heavy atom. The molecule has 5 nitrogen and oxygen atoms in total. The summed E-state index contributed by atoms with van der Waals surface area (Å²) in [6, 6.07) is 1.92. The summed E-state index contributed by atoms with van der Waals surface area (Å²) in [6.45, 7) is 6.56. The Balaban J connectivity index is 2.38. The predicted octanol–water partition coefficient (Wildman–Crippen LogP) is 2.43. The average Bonchev–Trinajstić information content (AvgIpc) is 2.84. The van der Waals surface area contributed by atoms with Crippen LogP contribution in [0.3, 0.4) is 0 Å². The SMILES string of the molecule is CCn1c(=O)c(C2=CSCC2C)cc2c(C)nc(N)nc21. The van der Waals surface area contributed by atoms with E-state index < -0.39 is 0 Å². The first-order chi connectivity index (χ1) is 10.0. The van der Waals surface area contributed by atoms with Crippen molar-refractivity contribution in [3.8, 4) is 0 Å². The number of nitrogens with two attached hydrogens (primary N) is 1. The zero-order valence-electron chi connectivity index (χ0n) is 12.4. The first-order valence-electron chi connectivity index (χ1n) is 7.02. The van der Waals surface area contributed by atoms with Gasteiger partial charge in [-0.3, -0.25) is 9.36 Å². The van der Waals surface area contributed by atoms with Gasteiger partial charge in [-0.2, -0.15) is 4.98 Å². The van der Waals surface area contributed by atoms with Crippen LogP contribution in [0.25, 0.3) is 16.6 Å². The van der Waals surface area contributed by atoms with Crippen molar-refractivity contribution >= 4 is 34.3 Å². The van der Waals surface area contributed by atoms with E-state index >= 15 is 0 Å². The first kappa shape index (κ1) is 14.1. The molecule has 0 amide bonds. The topological polar surface area (TPSA) is 73.8 Å². The Morgan fingerprint density at radius 2 is 2.24 bits per heavy atom. The minimum Gasteiger partial charge on any atom is -0.368 e. The number of aryl methyl sites for hydroxylation is 2. The van der Waals surface area contributed by atoms with Gasteiger partial charge in [-0.15, -0.1) is 11.8 Å². The maximum absolute atomic E-state index is 12.8. The summed E-state index contributed by atoms with van der Waals surface area (Å²) in [5.74, 6) is 1.62.